The molecule has 14 nitrogen and oxygen atoms in total. The molecule has 0 aromatic heterocycles. The van der Waals surface area contributed by atoms with E-state index in [0.29, 0.717) is 48.1 Å². The number of hydrogen-bond acceptors (Lipinski definition) is 12. The molecule has 0 aliphatic heterocycles. The molecule has 2 unspecified atom stereocenters. The quantitative estimate of drug-likeness (QED) is 0.0194. The van der Waals surface area contributed by atoms with Crippen molar-refractivity contribution in [2.75, 3.05) is 80.8 Å². The zero-order valence-electron chi connectivity index (χ0n) is 50.7. The van der Waals surface area contributed by atoms with Gasteiger partial charge in [0.05, 0.1) is 41.4 Å². The first-order valence-corrected chi connectivity index (χ1v) is 30.4. The van der Waals surface area contributed by atoms with Crippen LogP contribution in [0, 0.1) is 0 Å². The van der Waals surface area contributed by atoms with Gasteiger partial charge in [-0.2, -0.15) is 0 Å². The molecule has 0 spiro atoms. The number of hydrogen-bond donors (Lipinski definition) is 0. The van der Waals surface area contributed by atoms with E-state index >= 15 is 0 Å². The zero-order chi connectivity index (χ0) is 56.4. The van der Waals surface area contributed by atoms with Crippen LogP contribution >= 0.6 is 0 Å². The summed E-state index contributed by atoms with van der Waals surface area (Å²) >= 11 is 0. The number of halogens is 2. The number of allylic oxidation sites excluding steroid dienone is 2. The average Bonchev–Trinajstić information content (AvgIpc) is 3.34. The molecule has 16 heteroatoms. The van der Waals surface area contributed by atoms with Gasteiger partial charge in [0.25, 0.3) is 0 Å². The molecule has 0 saturated carbocycles. The summed E-state index contributed by atoms with van der Waals surface area (Å²) in [5, 5.41) is 0. The van der Waals surface area contributed by atoms with E-state index in [1.807, 2.05) is 28.2 Å². The number of quaternary nitrogens is 2. The second kappa shape index (κ2) is 54.4. The van der Waals surface area contributed by atoms with Gasteiger partial charge in [0.15, 0.2) is 13.1 Å². The molecule has 2 atom stereocenters. The van der Waals surface area contributed by atoms with Crippen LogP contribution in [0.15, 0.2) is 24.3 Å². The number of carbonyl (C=O) groups is 6. The monoisotopic (exact) mass is 1150 g/mol. The number of unbranched alkanes of at least 4 members (excludes halogenated alkanes) is 23. The lowest BCUT2D eigenvalue weighted by Gasteiger charge is -2.29. The van der Waals surface area contributed by atoms with Gasteiger partial charge in [-0.3, -0.25) is 19.2 Å². The smallest absolute Gasteiger partial charge is 0.362 e. The number of rotatable bonds is 53. The summed E-state index contributed by atoms with van der Waals surface area (Å²) in [6.07, 6.45) is 42.8. The number of nitrogens with zero attached hydrogens (tertiary/aromatic N) is 2. The van der Waals surface area contributed by atoms with E-state index in [4.69, 9.17) is 28.4 Å². The highest BCUT2D eigenvalue weighted by Gasteiger charge is 2.25. The summed E-state index contributed by atoms with van der Waals surface area (Å²) in [4.78, 5) is 72.2. The van der Waals surface area contributed by atoms with Gasteiger partial charge in [-0.05, 0) is 77.0 Å². The minimum atomic E-state index is -0.314. The Morgan fingerprint density at radius 1 is 0.372 bits per heavy atom. The zero-order valence-corrected chi connectivity index (χ0v) is 52.2. The van der Waals surface area contributed by atoms with E-state index < -0.39 is 0 Å². The summed E-state index contributed by atoms with van der Waals surface area (Å²) in [6, 6.07) is 0. The van der Waals surface area contributed by atoms with Crippen LogP contribution in [-0.4, -0.2) is 138 Å². The fourth-order valence-electron chi connectivity index (χ4n) is 8.86. The van der Waals surface area contributed by atoms with Crippen LogP contribution in [0.2, 0.25) is 0 Å². The molecule has 0 saturated heterocycles. The molecule has 0 bridgehead atoms. The molecule has 0 aliphatic carbocycles. The summed E-state index contributed by atoms with van der Waals surface area (Å²) < 4.78 is 33.7. The van der Waals surface area contributed by atoms with E-state index in [1.165, 1.54) is 52.4 Å². The average molecular weight is 1150 g/mol. The van der Waals surface area contributed by atoms with Crippen molar-refractivity contribution in [1.29, 1.82) is 0 Å². The Bertz CT molecular complexity index is 1450. The number of likely N-dealkylation sites (N-methyl/N-ethyl adjacent to an activating group) is 2. The van der Waals surface area contributed by atoms with Crippen molar-refractivity contribution in [1.82, 2.24) is 0 Å². The second-order valence-electron chi connectivity index (χ2n) is 22.5. The van der Waals surface area contributed by atoms with Gasteiger partial charge in [-0.1, -0.05) is 154 Å². The van der Waals surface area contributed by atoms with Crippen LogP contribution in [0.3, 0.4) is 0 Å². The molecule has 0 amide bonds. The van der Waals surface area contributed by atoms with Crippen molar-refractivity contribution >= 4 is 35.8 Å². The van der Waals surface area contributed by atoms with Crippen molar-refractivity contribution in [2.24, 2.45) is 0 Å². The van der Waals surface area contributed by atoms with Crippen molar-refractivity contribution in [3.8, 4) is 0 Å². The Labute approximate surface area is 488 Å². The maximum absolute atomic E-state index is 12.8. The second-order valence-corrected chi connectivity index (χ2v) is 22.5. The summed E-state index contributed by atoms with van der Waals surface area (Å²) in [5.74, 6) is -1.22. The maximum Gasteiger partial charge on any atom is 0.362 e. The van der Waals surface area contributed by atoms with Crippen LogP contribution in [-0.2, 0) is 57.2 Å². The summed E-state index contributed by atoms with van der Waals surface area (Å²) in [5.41, 5.74) is 0. The van der Waals surface area contributed by atoms with E-state index in [2.05, 4.69) is 38.2 Å². The molecular weight excluding hydrogens is 1040 g/mol. The number of esters is 6. The Hall–Kier alpha value is -3.20. The maximum atomic E-state index is 12.8. The van der Waals surface area contributed by atoms with Gasteiger partial charge in [-0.25, -0.2) is 9.59 Å². The van der Waals surface area contributed by atoms with Gasteiger partial charge < -0.3 is 62.2 Å². The molecule has 0 aromatic rings. The topological polar surface area (TPSA) is 158 Å². The molecule has 0 aliphatic rings. The van der Waals surface area contributed by atoms with Gasteiger partial charge in [0.2, 0.25) is 0 Å². The van der Waals surface area contributed by atoms with Crippen molar-refractivity contribution in [3.63, 3.8) is 0 Å². The third kappa shape index (κ3) is 56.1. The van der Waals surface area contributed by atoms with E-state index in [9.17, 15) is 28.8 Å². The lowest BCUT2D eigenvalue weighted by atomic mass is 10.1. The third-order valence-corrected chi connectivity index (χ3v) is 13.7. The van der Waals surface area contributed by atoms with E-state index in [0.717, 1.165) is 167 Å². The Balaban J connectivity index is -0.0000281. The minimum absolute atomic E-state index is 0. The highest BCUT2D eigenvalue weighted by Crippen LogP contribution is 2.17. The van der Waals surface area contributed by atoms with Crippen molar-refractivity contribution < 1.29 is 91.0 Å². The first-order valence-electron chi connectivity index (χ1n) is 30.4. The van der Waals surface area contributed by atoms with Crippen molar-refractivity contribution in [3.05, 3.63) is 24.3 Å². The molecule has 78 heavy (non-hydrogen) atoms. The van der Waals surface area contributed by atoms with Crippen LogP contribution in [0.4, 0.5) is 0 Å². The molecule has 0 heterocycles. The van der Waals surface area contributed by atoms with Gasteiger partial charge in [0.1, 0.15) is 38.5 Å². The molecule has 0 aromatic carbocycles. The first-order chi connectivity index (χ1) is 36.5. The standard InChI is InChI=1S/C62H114N2O12.2ClH/c1-9-11-13-33-41-57(75-61(69)53-63(5,6)47-51-71-55(3)65)43-35-27-21-15-17-23-29-37-45-59(67)73-49-39-31-25-19-20-26-32-40-50-74-60(68)46-38-30-24-18-16-22-28-36-44-58(42-34-14-12-10-2)76-62(70)54-64(7,8)48-52-72-56(4)66;;/h27-28,35-36,57-58H,9-26,29-34,37-54H2,1-8H3;2*1H/q+2;;/p-2/b35-27+,36-28+;;. The van der Waals surface area contributed by atoms with E-state index in [-0.39, 0.29) is 99.1 Å². The highest BCUT2D eigenvalue weighted by molar-refractivity contribution is 5.71. The Morgan fingerprint density at radius 2 is 0.692 bits per heavy atom. The molecular formula is C62H114Cl2N2O12. The molecule has 0 radical (unpaired) electrons. The predicted molar refractivity (Wildman–Crippen MR) is 305 cm³/mol. The van der Waals surface area contributed by atoms with Crippen LogP contribution < -0.4 is 24.8 Å². The fourth-order valence-corrected chi connectivity index (χ4v) is 8.86. The Kier molecular flexibility index (Phi) is 55.1. The van der Waals surface area contributed by atoms with Crippen molar-refractivity contribution in [2.45, 2.75) is 258 Å². The number of carbonyl (C=O) groups excluding carboxylic acids is 6. The molecule has 458 valence electrons. The fraction of sp³-hybridized carbons (Fsp3) is 0.839. The SMILES string of the molecule is CCCCCCC(C/C=C/CCCCCCCC(=O)OCCCCCCCCCCOC(=O)CCCCCCC/C=C/CC(CCCCCC)OC(=O)C[N+](C)(C)CCOC(C)=O)OC(=O)C[N+](C)(C)CCOC(C)=O.[Cl-].[Cl-]. The largest absolute Gasteiger partial charge is 1.00 e. The molecule has 0 N–H and O–H groups in total. The molecule has 0 rings (SSSR count). The third-order valence-electron chi connectivity index (χ3n) is 13.7. The van der Waals surface area contributed by atoms with Gasteiger partial charge in [-0.15, -0.1) is 0 Å². The highest BCUT2D eigenvalue weighted by atomic mass is 35.5. The van der Waals surface area contributed by atoms with Gasteiger partial charge >= 0.3 is 35.8 Å². The number of ether oxygens (including phenoxy) is 6. The molecule has 0 fully saturated rings. The predicted octanol–water partition coefficient (Wildman–Crippen LogP) is 7.60. The normalized spacial score (nSPS) is 12.4. The lowest BCUT2D eigenvalue weighted by molar-refractivity contribution is -0.883. The lowest BCUT2D eigenvalue weighted by Crippen LogP contribution is -3.00. The minimum Gasteiger partial charge on any atom is -1.00 e. The van der Waals surface area contributed by atoms with Crippen LogP contribution in [0.1, 0.15) is 246 Å². The summed E-state index contributed by atoms with van der Waals surface area (Å²) in [7, 11) is 7.78. The van der Waals surface area contributed by atoms with E-state index in [1.54, 1.807) is 0 Å². The van der Waals surface area contributed by atoms with Gasteiger partial charge in [0, 0.05) is 39.5 Å². The summed E-state index contributed by atoms with van der Waals surface area (Å²) in [6.45, 7) is 10.3. The first kappa shape index (κ1) is 79.0. The Morgan fingerprint density at radius 3 is 1.04 bits per heavy atom. The van der Waals surface area contributed by atoms with Crippen LogP contribution in [0.25, 0.3) is 0 Å². The van der Waals surface area contributed by atoms with Crippen LogP contribution in [0.5, 0.6) is 0 Å².